The van der Waals surface area contributed by atoms with Crippen LogP contribution < -0.4 is 0 Å². The zero-order valence-corrected chi connectivity index (χ0v) is 6.73. The van der Waals surface area contributed by atoms with E-state index >= 15 is 0 Å². The van der Waals surface area contributed by atoms with E-state index in [1.54, 1.807) is 6.08 Å². The number of carbonyl (C=O) groups excluding carboxylic acids is 1. The van der Waals surface area contributed by atoms with Crippen LogP contribution in [0.15, 0.2) is 12.7 Å². The molecule has 1 aliphatic carbocycles. The largest absolute Gasteiger partial charge is 0.300 e. The third kappa shape index (κ3) is 1.90. The Morgan fingerprint density at radius 1 is 1.67 bits per heavy atom. The van der Waals surface area contributed by atoms with E-state index in [9.17, 15) is 14.9 Å². The van der Waals surface area contributed by atoms with Gasteiger partial charge in [0.1, 0.15) is 5.78 Å². The van der Waals surface area contributed by atoms with Gasteiger partial charge in [0.2, 0.25) is 6.54 Å². The minimum absolute atomic E-state index is 0.0166. The standard InChI is InChI=1S/C8H11NO3/c1-2-6-3-8(10)4-7(6)5-9(11)12/h2,6-7H,1,3-5H2/t6-,7?/m0/s1. The highest BCUT2D eigenvalue weighted by molar-refractivity contribution is 5.81. The van der Waals surface area contributed by atoms with Crippen molar-refractivity contribution in [2.75, 3.05) is 6.54 Å². The van der Waals surface area contributed by atoms with Gasteiger partial charge in [0, 0.05) is 23.7 Å². The number of hydrogen-bond acceptors (Lipinski definition) is 3. The Bertz CT molecular complexity index is 224. The molecule has 0 bridgehead atoms. The SMILES string of the molecule is C=C[C@H]1CC(=O)CC1C[N+](=O)[O-]. The molecule has 0 amide bonds. The maximum Gasteiger partial charge on any atom is 0.207 e. The molecule has 0 N–H and O–H groups in total. The van der Waals surface area contributed by atoms with E-state index < -0.39 is 0 Å². The van der Waals surface area contributed by atoms with Crippen LogP contribution in [0.25, 0.3) is 0 Å². The number of ketones is 1. The van der Waals surface area contributed by atoms with Crippen molar-refractivity contribution in [3.63, 3.8) is 0 Å². The van der Waals surface area contributed by atoms with Crippen LogP contribution in [-0.2, 0) is 4.79 Å². The van der Waals surface area contributed by atoms with E-state index in [4.69, 9.17) is 0 Å². The van der Waals surface area contributed by atoms with Gasteiger partial charge in [-0.1, -0.05) is 6.08 Å². The van der Waals surface area contributed by atoms with E-state index in [2.05, 4.69) is 6.58 Å². The van der Waals surface area contributed by atoms with Gasteiger partial charge in [-0.3, -0.25) is 14.9 Å². The Morgan fingerprint density at radius 3 is 2.83 bits per heavy atom. The number of rotatable bonds is 3. The lowest BCUT2D eigenvalue weighted by atomic mass is 9.97. The first-order valence-corrected chi connectivity index (χ1v) is 3.89. The molecule has 1 fully saturated rings. The first-order chi connectivity index (χ1) is 5.63. The summed E-state index contributed by atoms with van der Waals surface area (Å²) in [6.45, 7) is 3.45. The summed E-state index contributed by atoms with van der Waals surface area (Å²) in [7, 11) is 0. The van der Waals surface area contributed by atoms with E-state index in [0.717, 1.165) is 0 Å². The molecule has 0 radical (unpaired) electrons. The number of nitro groups is 1. The van der Waals surface area contributed by atoms with Crippen LogP contribution in [-0.4, -0.2) is 17.3 Å². The van der Waals surface area contributed by atoms with Gasteiger partial charge in [0.25, 0.3) is 0 Å². The Kier molecular flexibility index (Phi) is 2.58. The highest BCUT2D eigenvalue weighted by Crippen LogP contribution is 2.29. The summed E-state index contributed by atoms with van der Waals surface area (Å²) in [5, 5.41) is 10.2. The normalized spacial score (nSPS) is 28.8. The zero-order valence-electron chi connectivity index (χ0n) is 6.73. The van der Waals surface area contributed by atoms with Crippen molar-refractivity contribution in [1.29, 1.82) is 0 Å². The fourth-order valence-electron chi connectivity index (χ4n) is 1.62. The fourth-order valence-corrected chi connectivity index (χ4v) is 1.62. The van der Waals surface area contributed by atoms with Crippen molar-refractivity contribution >= 4 is 5.78 Å². The average Bonchev–Trinajstić information content (AvgIpc) is 2.29. The van der Waals surface area contributed by atoms with Crippen LogP contribution in [0.4, 0.5) is 0 Å². The smallest absolute Gasteiger partial charge is 0.207 e. The first kappa shape index (κ1) is 8.90. The second-order valence-electron chi connectivity index (χ2n) is 3.12. The summed E-state index contributed by atoms with van der Waals surface area (Å²) in [6.07, 6.45) is 2.43. The lowest BCUT2D eigenvalue weighted by Crippen LogP contribution is -2.16. The molecule has 0 aromatic carbocycles. The lowest BCUT2D eigenvalue weighted by molar-refractivity contribution is -0.488. The van der Waals surface area contributed by atoms with Gasteiger partial charge in [-0.25, -0.2) is 0 Å². The Balaban J connectivity index is 2.57. The van der Waals surface area contributed by atoms with Crippen molar-refractivity contribution in [2.24, 2.45) is 11.8 Å². The minimum Gasteiger partial charge on any atom is -0.300 e. The lowest BCUT2D eigenvalue weighted by Gasteiger charge is -2.08. The summed E-state index contributed by atoms with van der Waals surface area (Å²) >= 11 is 0. The van der Waals surface area contributed by atoms with Crippen LogP contribution in [0.5, 0.6) is 0 Å². The van der Waals surface area contributed by atoms with Crippen LogP contribution in [0.1, 0.15) is 12.8 Å². The zero-order chi connectivity index (χ0) is 9.14. The molecule has 0 heterocycles. The molecule has 0 aromatic rings. The summed E-state index contributed by atoms with van der Waals surface area (Å²) in [5.74, 6) is 0.0136. The maximum atomic E-state index is 10.9. The Hall–Kier alpha value is -1.19. The van der Waals surface area contributed by atoms with Gasteiger partial charge >= 0.3 is 0 Å². The molecule has 1 aliphatic rings. The monoisotopic (exact) mass is 169 g/mol. The molecule has 1 saturated carbocycles. The van der Waals surface area contributed by atoms with Crippen LogP contribution in [0.3, 0.4) is 0 Å². The maximum absolute atomic E-state index is 10.9. The molecule has 0 spiro atoms. The highest BCUT2D eigenvalue weighted by atomic mass is 16.6. The quantitative estimate of drug-likeness (QED) is 0.360. The van der Waals surface area contributed by atoms with E-state index in [1.165, 1.54) is 0 Å². The summed E-state index contributed by atoms with van der Waals surface area (Å²) in [6, 6.07) is 0. The molecular weight excluding hydrogens is 158 g/mol. The molecule has 0 aliphatic heterocycles. The van der Waals surface area contributed by atoms with Crippen LogP contribution >= 0.6 is 0 Å². The fraction of sp³-hybridized carbons (Fsp3) is 0.625. The molecular formula is C8H11NO3. The van der Waals surface area contributed by atoms with Gasteiger partial charge in [-0.15, -0.1) is 6.58 Å². The molecule has 1 unspecified atom stereocenters. The van der Waals surface area contributed by atoms with Crippen LogP contribution in [0.2, 0.25) is 0 Å². The number of hydrogen-bond donors (Lipinski definition) is 0. The molecule has 0 saturated heterocycles. The number of Topliss-reactive ketones (excluding diaryl/α,β-unsaturated/α-hetero) is 1. The second-order valence-corrected chi connectivity index (χ2v) is 3.12. The molecule has 66 valence electrons. The third-order valence-electron chi connectivity index (χ3n) is 2.25. The van der Waals surface area contributed by atoms with E-state index in [0.29, 0.717) is 12.8 Å². The van der Waals surface area contributed by atoms with Crippen molar-refractivity contribution in [2.45, 2.75) is 12.8 Å². The van der Waals surface area contributed by atoms with E-state index in [-0.39, 0.29) is 29.1 Å². The van der Waals surface area contributed by atoms with Crippen molar-refractivity contribution < 1.29 is 9.72 Å². The second kappa shape index (κ2) is 3.47. The number of allylic oxidation sites excluding steroid dienone is 1. The van der Waals surface area contributed by atoms with Crippen molar-refractivity contribution in [3.05, 3.63) is 22.8 Å². The van der Waals surface area contributed by atoms with Gasteiger partial charge in [-0.05, 0) is 5.92 Å². The van der Waals surface area contributed by atoms with Gasteiger partial charge < -0.3 is 0 Å². The average molecular weight is 169 g/mol. The van der Waals surface area contributed by atoms with Crippen molar-refractivity contribution in [1.82, 2.24) is 0 Å². The van der Waals surface area contributed by atoms with Gasteiger partial charge in [-0.2, -0.15) is 0 Å². The summed E-state index contributed by atoms with van der Waals surface area (Å²) in [4.78, 5) is 20.8. The number of nitrogens with zero attached hydrogens (tertiary/aromatic N) is 1. The first-order valence-electron chi connectivity index (χ1n) is 3.89. The van der Waals surface area contributed by atoms with Crippen LogP contribution in [0, 0.1) is 22.0 Å². The molecule has 12 heavy (non-hydrogen) atoms. The van der Waals surface area contributed by atoms with Gasteiger partial charge in [0.15, 0.2) is 0 Å². The summed E-state index contributed by atoms with van der Waals surface area (Å²) in [5.41, 5.74) is 0. The van der Waals surface area contributed by atoms with E-state index in [1.807, 2.05) is 0 Å². The third-order valence-corrected chi connectivity index (χ3v) is 2.25. The topological polar surface area (TPSA) is 60.2 Å². The number of carbonyl (C=O) groups is 1. The Labute approximate surface area is 70.4 Å². The molecule has 4 nitrogen and oxygen atoms in total. The minimum atomic E-state index is -0.361. The van der Waals surface area contributed by atoms with Gasteiger partial charge in [0.05, 0.1) is 0 Å². The molecule has 2 atom stereocenters. The van der Waals surface area contributed by atoms with Crippen molar-refractivity contribution in [3.8, 4) is 0 Å². The molecule has 1 rings (SSSR count). The highest BCUT2D eigenvalue weighted by Gasteiger charge is 2.34. The Morgan fingerprint density at radius 2 is 2.33 bits per heavy atom. The molecule has 4 heteroatoms. The predicted molar refractivity (Wildman–Crippen MR) is 43.3 cm³/mol. The molecule has 0 aromatic heterocycles. The predicted octanol–water partition coefficient (Wildman–Crippen LogP) is 1.04. The summed E-state index contributed by atoms with van der Waals surface area (Å²) < 4.78 is 0.